The Morgan fingerprint density at radius 1 is 1.11 bits per heavy atom. The van der Waals surface area contributed by atoms with E-state index in [1.54, 1.807) is 12.1 Å². The number of halogens is 3. The van der Waals surface area contributed by atoms with Crippen LogP contribution in [-0.2, 0) is 0 Å². The Morgan fingerprint density at radius 2 is 1.86 bits per heavy atom. The Morgan fingerprint density at radius 3 is 2.54 bits per heavy atom. The summed E-state index contributed by atoms with van der Waals surface area (Å²) in [7, 11) is 0. The Kier molecular flexibility index (Phi) is 6.48. The van der Waals surface area contributed by atoms with Gasteiger partial charge >= 0.3 is 6.11 Å². The van der Waals surface area contributed by atoms with Gasteiger partial charge in [-0.15, -0.1) is 0 Å². The number of ether oxygens (including phenoxy) is 1. The second kappa shape index (κ2) is 8.85. The standard InChI is InChI=1S/C24H27F3O/c1-3-5-6-7-17-8-11-21(12-9-17)24(26,27)28-22-13-10-19-14-18(4-2)23(25)16-20(19)15-22/h3-5,10,13-17,21H,2,6-9,11-12H2,1H3/b5-3+. The van der Waals surface area contributed by atoms with Crippen molar-refractivity contribution in [2.75, 3.05) is 0 Å². The van der Waals surface area contributed by atoms with Gasteiger partial charge in [0.1, 0.15) is 11.6 Å². The van der Waals surface area contributed by atoms with Crippen LogP contribution in [0.25, 0.3) is 16.8 Å². The Labute approximate surface area is 164 Å². The third-order valence-electron chi connectivity index (χ3n) is 5.70. The van der Waals surface area contributed by atoms with E-state index in [0.29, 0.717) is 29.7 Å². The number of allylic oxidation sites excluding steroid dienone is 2. The van der Waals surface area contributed by atoms with E-state index in [2.05, 4.69) is 12.7 Å². The number of hydrogen-bond donors (Lipinski definition) is 0. The van der Waals surface area contributed by atoms with Crippen LogP contribution in [0.5, 0.6) is 5.75 Å². The molecule has 1 nitrogen and oxygen atoms in total. The maximum Gasteiger partial charge on any atom is 0.400 e. The van der Waals surface area contributed by atoms with Crippen LogP contribution in [0.1, 0.15) is 51.0 Å². The lowest BCUT2D eigenvalue weighted by Gasteiger charge is -2.33. The molecule has 0 aliphatic heterocycles. The fourth-order valence-corrected chi connectivity index (χ4v) is 4.01. The molecule has 0 N–H and O–H groups in total. The highest BCUT2D eigenvalue weighted by atomic mass is 19.3. The molecule has 4 heteroatoms. The normalized spacial score (nSPS) is 20.6. The molecule has 0 heterocycles. The molecule has 1 fully saturated rings. The number of hydrogen-bond acceptors (Lipinski definition) is 1. The molecule has 0 aromatic heterocycles. The van der Waals surface area contributed by atoms with Gasteiger partial charge in [0.15, 0.2) is 0 Å². The molecule has 2 aromatic carbocycles. The highest BCUT2D eigenvalue weighted by Crippen LogP contribution is 2.41. The van der Waals surface area contributed by atoms with Gasteiger partial charge in [-0.1, -0.05) is 30.9 Å². The van der Waals surface area contributed by atoms with Crippen LogP contribution in [-0.4, -0.2) is 6.11 Å². The van der Waals surface area contributed by atoms with Crippen LogP contribution in [0, 0.1) is 17.7 Å². The van der Waals surface area contributed by atoms with Crippen molar-refractivity contribution in [3.8, 4) is 5.75 Å². The number of fused-ring (bicyclic) bond motifs is 1. The van der Waals surface area contributed by atoms with E-state index in [0.717, 1.165) is 31.1 Å². The lowest BCUT2D eigenvalue weighted by atomic mass is 9.79. The van der Waals surface area contributed by atoms with Gasteiger partial charge in [0.2, 0.25) is 0 Å². The van der Waals surface area contributed by atoms with E-state index in [1.807, 2.05) is 13.0 Å². The van der Waals surface area contributed by atoms with Crippen LogP contribution in [0.3, 0.4) is 0 Å². The molecule has 2 aromatic rings. The molecule has 0 saturated heterocycles. The minimum atomic E-state index is -3.22. The zero-order valence-corrected chi connectivity index (χ0v) is 16.3. The van der Waals surface area contributed by atoms with Crippen molar-refractivity contribution in [2.24, 2.45) is 11.8 Å². The summed E-state index contributed by atoms with van der Waals surface area (Å²) < 4.78 is 48.5. The zero-order chi connectivity index (χ0) is 20.1. The van der Waals surface area contributed by atoms with Crippen molar-refractivity contribution < 1.29 is 17.9 Å². The minimum Gasteiger partial charge on any atom is -0.432 e. The molecule has 0 unspecified atom stereocenters. The third-order valence-corrected chi connectivity index (χ3v) is 5.70. The first kappa shape index (κ1) is 20.5. The fourth-order valence-electron chi connectivity index (χ4n) is 4.01. The van der Waals surface area contributed by atoms with Crippen LogP contribution < -0.4 is 4.74 Å². The summed E-state index contributed by atoms with van der Waals surface area (Å²) in [5, 5.41) is 1.29. The lowest BCUT2D eigenvalue weighted by Crippen LogP contribution is -2.37. The summed E-state index contributed by atoms with van der Waals surface area (Å²) in [6.07, 6.45) is 7.02. The molecule has 0 bridgehead atoms. The predicted molar refractivity (Wildman–Crippen MR) is 109 cm³/mol. The van der Waals surface area contributed by atoms with Crippen LogP contribution >= 0.6 is 0 Å². The number of alkyl halides is 2. The zero-order valence-electron chi connectivity index (χ0n) is 16.3. The van der Waals surface area contributed by atoms with Gasteiger partial charge in [-0.3, -0.25) is 0 Å². The molecule has 1 aliphatic carbocycles. The monoisotopic (exact) mass is 388 g/mol. The highest BCUT2D eigenvalue weighted by Gasteiger charge is 2.43. The van der Waals surface area contributed by atoms with Gasteiger partial charge in [-0.25, -0.2) is 4.39 Å². The van der Waals surface area contributed by atoms with E-state index < -0.39 is 17.8 Å². The summed E-state index contributed by atoms with van der Waals surface area (Å²) in [6, 6.07) is 7.64. The second-order valence-corrected chi connectivity index (χ2v) is 7.61. The number of rotatable bonds is 7. The second-order valence-electron chi connectivity index (χ2n) is 7.61. The first-order valence-corrected chi connectivity index (χ1v) is 9.96. The first-order chi connectivity index (χ1) is 13.4. The predicted octanol–water partition coefficient (Wildman–Crippen LogP) is 7.76. The van der Waals surface area contributed by atoms with E-state index in [-0.39, 0.29) is 5.75 Å². The summed E-state index contributed by atoms with van der Waals surface area (Å²) in [5.41, 5.74) is 0.387. The Balaban J connectivity index is 1.66. The maximum absolute atomic E-state index is 14.7. The van der Waals surface area contributed by atoms with E-state index in [9.17, 15) is 13.2 Å². The Bertz CT molecular complexity index is 848. The topological polar surface area (TPSA) is 9.23 Å². The van der Waals surface area contributed by atoms with Crippen LogP contribution in [0.15, 0.2) is 49.1 Å². The molecule has 0 atom stereocenters. The molecule has 28 heavy (non-hydrogen) atoms. The van der Waals surface area contributed by atoms with Crippen molar-refractivity contribution in [3.05, 3.63) is 60.4 Å². The highest BCUT2D eigenvalue weighted by molar-refractivity contribution is 5.86. The van der Waals surface area contributed by atoms with E-state index in [4.69, 9.17) is 4.74 Å². The molecule has 0 amide bonds. The molecule has 0 spiro atoms. The average Bonchev–Trinajstić information content (AvgIpc) is 2.68. The molecule has 1 aliphatic rings. The first-order valence-electron chi connectivity index (χ1n) is 9.96. The molecular weight excluding hydrogens is 361 g/mol. The molecule has 1 saturated carbocycles. The molecular formula is C24H27F3O. The van der Waals surface area contributed by atoms with Crippen molar-refractivity contribution >= 4 is 16.8 Å². The summed E-state index contributed by atoms with van der Waals surface area (Å²) >= 11 is 0. The largest absolute Gasteiger partial charge is 0.432 e. The van der Waals surface area contributed by atoms with Gasteiger partial charge in [-0.05, 0) is 86.4 Å². The summed E-state index contributed by atoms with van der Waals surface area (Å²) in [6.45, 7) is 5.57. The molecule has 0 radical (unpaired) electrons. The van der Waals surface area contributed by atoms with Crippen LogP contribution in [0.2, 0.25) is 0 Å². The van der Waals surface area contributed by atoms with Crippen molar-refractivity contribution in [1.29, 1.82) is 0 Å². The Hall–Kier alpha value is -2.23. The van der Waals surface area contributed by atoms with Gasteiger partial charge in [0.05, 0.1) is 5.92 Å². The average molecular weight is 388 g/mol. The van der Waals surface area contributed by atoms with E-state index in [1.165, 1.54) is 24.3 Å². The van der Waals surface area contributed by atoms with Crippen molar-refractivity contribution in [1.82, 2.24) is 0 Å². The van der Waals surface area contributed by atoms with Gasteiger partial charge in [-0.2, -0.15) is 8.78 Å². The van der Waals surface area contributed by atoms with Crippen molar-refractivity contribution in [3.63, 3.8) is 0 Å². The van der Waals surface area contributed by atoms with Crippen LogP contribution in [0.4, 0.5) is 13.2 Å². The summed E-state index contributed by atoms with van der Waals surface area (Å²) in [5.74, 6) is -0.617. The molecule has 3 rings (SSSR count). The summed E-state index contributed by atoms with van der Waals surface area (Å²) in [4.78, 5) is 0. The minimum absolute atomic E-state index is 0.0680. The number of benzene rings is 2. The fraction of sp³-hybridized carbons (Fsp3) is 0.417. The lowest BCUT2D eigenvalue weighted by molar-refractivity contribution is -0.223. The van der Waals surface area contributed by atoms with E-state index >= 15 is 0 Å². The van der Waals surface area contributed by atoms with Crippen molar-refractivity contribution in [2.45, 2.75) is 51.6 Å². The molecule has 150 valence electrons. The van der Waals surface area contributed by atoms with Gasteiger partial charge in [0, 0.05) is 5.56 Å². The quantitative estimate of drug-likeness (QED) is 0.440. The van der Waals surface area contributed by atoms with Gasteiger partial charge in [0.25, 0.3) is 0 Å². The maximum atomic E-state index is 14.7. The third kappa shape index (κ3) is 4.78. The SMILES string of the molecule is C=Cc1cc2ccc(OC(F)(F)C3CCC(CC/C=C/C)CC3)cc2cc1F. The smallest absolute Gasteiger partial charge is 0.400 e. The van der Waals surface area contributed by atoms with Gasteiger partial charge < -0.3 is 4.74 Å².